The Hall–Kier alpha value is -3.27. The number of aromatic nitrogens is 1. The maximum Gasteiger partial charge on any atom is 0.244 e. The van der Waals surface area contributed by atoms with E-state index in [4.69, 9.17) is 14.2 Å². The van der Waals surface area contributed by atoms with Crippen molar-refractivity contribution in [3.63, 3.8) is 0 Å². The lowest BCUT2D eigenvalue weighted by atomic mass is 9.97. The minimum atomic E-state index is -0.138. The Labute approximate surface area is 307 Å². The number of pyridine rings is 1. The zero-order valence-electron chi connectivity index (χ0n) is 31.6. The number of benzene rings is 1. The number of thioether (sulfide) groups is 1. The second kappa shape index (κ2) is 25.6. The van der Waals surface area contributed by atoms with E-state index in [0.29, 0.717) is 50.2 Å². The largest absolute Gasteiger partial charge is 0.491 e. The molecule has 2 heterocycles. The number of carbonyl (C=O) groups is 1. The van der Waals surface area contributed by atoms with Gasteiger partial charge in [-0.15, -0.1) is 0 Å². The fraction of sp³-hybridized carbons (Fsp3) is 0.561. The Morgan fingerprint density at radius 2 is 1.76 bits per heavy atom. The van der Waals surface area contributed by atoms with Crippen LogP contribution in [0.5, 0.6) is 5.75 Å². The van der Waals surface area contributed by atoms with Gasteiger partial charge in [0.2, 0.25) is 5.91 Å². The maximum absolute atomic E-state index is 12.6. The molecule has 1 aromatic heterocycles. The zero-order chi connectivity index (χ0) is 36.6. The Balaban J connectivity index is 0.00000425. The van der Waals surface area contributed by atoms with Crippen LogP contribution in [0.15, 0.2) is 73.1 Å². The van der Waals surface area contributed by atoms with Crippen molar-refractivity contribution in [2.75, 3.05) is 45.3 Å². The lowest BCUT2D eigenvalue weighted by Gasteiger charge is -2.24. The highest BCUT2D eigenvalue weighted by molar-refractivity contribution is 8.00. The molecule has 0 bridgehead atoms. The van der Waals surface area contributed by atoms with Gasteiger partial charge >= 0.3 is 0 Å². The fourth-order valence-corrected chi connectivity index (χ4v) is 7.32. The predicted molar refractivity (Wildman–Crippen MR) is 211 cm³/mol. The van der Waals surface area contributed by atoms with Crippen LogP contribution in [0.3, 0.4) is 0 Å². The molecule has 0 aliphatic carbocycles. The number of allylic oxidation sites excluding steroid dienone is 2. The average molecular weight is 709 g/mol. The predicted octanol–water partition coefficient (Wildman–Crippen LogP) is 8.41. The van der Waals surface area contributed by atoms with Gasteiger partial charge in [0.25, 0.3) is 0 Å². The fourth-order valence-electron chi connectivity index (χ4n) is 5.69. The third-order valence-electron chi connectivity index (χ3n) is 8.20. The number of aryl methyl sites for hydroxylation is 1. The van der Waals surface area contributed by atoms with Gasteiger partial charge in [0, 0.05) is 41.0 Å². The second-order valence-electron chi connectivity index (χ2n) is 12.6. The lowest BCUT2D eigenvalue weighted by molar-refractivity contribution is -0.117. The van der Waals surface area contributed by atoms with Crippen molar-refractivity contribution in [3.8, 4) is 5.75 Å². The molecule has 278 valence electrons. The summed E-state index contributed by atoms with van der Waals surface area (Å²) in [5.41, 5.74) is 4.88. The molecule has 50 heavy (non-hydrogen) atoms. The molecule has 1 aliphatic heterocycles. The molecule has 0 saturated carbocycles. The van der Waals surface area contributed by atoms with Crippen LogP contribution in [0.25, 0.3) is 6.08 Å². The van der Waals surface area contributed by atoms with Crippen molar-refractivity contribution in [2.45, 2.75) is 97.4 Å². The van der Waals surface area contributed by atoms with Crippen LogP contribution in [0.1, 0.15) is 96.1 Å². The van der Waals surface area contributed by atoms with Crippen LogP contribution in [0.4, 0.5) is 0 Å². The van der Waals surface area contributed by atoms with Gasteiger partial charge in [-0.3, -0.25) is 9.78 Å². The highest BCUT2D eigenvalue weighted by atomic mass is 32.2. The summed E-state index contributed by atoms with van der Waals surface area (Å²) in [4.78, 5) is 17.0. The molecule has 9 heteroatoms. The number of hydrogen-bond donors (Lipinski definition) is 3. The Morgan fingerprint density at radius 3 is 2.46 bits per heavy atom. The van der Waals surface area contributed by atoms with Gasteiger partial charge in [-0.1, -0.05) is 71.9 Å². The smallest absolute Gasteiger partial charge is 0.244 e. The topological polar surface area (TPSA) is 93.7 Å². The zero-order valence-corrected chi connectivity index (χ0v) is 32.4. The first kappa shape index (κ1) is 42.9. The van der Waals surface area contributed by atoms with Crippen LogP contribution in [-0.4, -0.2) is 67.5 Å². The molecule has 2 aromatic rings. The lowest BCUT2D eigenvalue weighted by Crippen LogP contribution is -2.38. The molecular weight excluding hydrogens is 645 g/mol. The standard InChI is InChI=1S/C39H58N4O4S.C2H6/c1-7-11-36(43-38(44)21-18-34-14-10-13-32(6)42-34)33-16-19-35(20-17-33)47-27-26-46-25-24-45-23-22-40-31(5)12-8-9-15-37-39(41-29(2)3)30(4)28-48-37;1-2/h10,13-14,16-21,30,36-37,39-41H,2,5,7-9,11-12,15,22-28H2,1,3-4,6H3,(H,43,44);1-2H3/b21-18+;. The van der Waals surface area contributed by atoms with E-state index in [2.05, 4.69) is 66.6 Å². The third kappa shape index (κ3) is 17.6. The quantitative estimate of drug-likeness (QED) is 0.0740. The molecule has 4 unspecified atom stereocenters. The van der Waals surface area contributed by atoms with Gasteiger partial charge in [-0.25, -0.2) is 0 Å². The van der Waals surface area contributed by atoms with E-state index in [0.717, 1.165) is 66.3 Å². The van der Waals surface area contributed by atoms with E-state index in [1.54, 1.807) is 12.2 Å². The Kier molecular flexibility index (Phi) is 22.0. The van der Waals surface area contributed by atoms with Gasteiger partial charge in [0.05, 0.1) is 38.2 Å². The molecule has 3 N–H and O–H groups in total. The van der Waals surface area contributed by atoms with Gasteiger partial charge in [-0.05, 0) is 87.1 Å². The summed E-state index contributed by atoms with van der Waals surface area (Å²) in [5, 5.41) is 10.8. The van der Waals surface area contributed by atoms with E-state index >= 15 is 0 Å². The minimum Gasteiger partial charge on any atom is -0.491 e. The van der Waals surface area contributed by atoms with Crippen LogP contribution in [0.2, 0.25) is 0 Å². The molecule has 8 nitrogen and oxygen atoms in total. The van der Waals surface area contributed by atoms with Gasteiger partial charge in [0.1, 0.15) is 12.4 Å². The second-order valence-corrected chi connectivity index (χ2v) is 13.9. The first-order valence-corrected chi connectivity index (χ1v) is 19.6. The van der Waals surface area contributed by atoms with Crippen LogP contribution < -0.4 is 20.7 Å². The van der Waals surface area contributed by atoms with E-state index in [1.165, 1.54) is 18.6 Å². The van der Waals surface area contributed by atoms with Crippen molar-refractivity contribution in [1.82, 2.24) is 20.9 Å². The summed E-state index contributed by atoms with van der Waals surface area (Å²) in [6, 6.07) is 14.1. The number of hydrogen-bond acceptors (Lipinski definition) is 8. The number of nitrogens with one attached hydrogen (secondary N) is 3. The van der Waals surface area contributed by atoms with E-state index < -0.39 is 0 Å². The summed E-state index contributed by atoms with van der Waals surface area (Å²) in [5.74, 6) is 2.56. The molecule has 4 atom stereocenters. The van der Waals surface area contributed by atoms with Crippen molar-refractivity contribution < 1.29 is 19.0 Å². The molecule has 0 radical (unpaired) electrons. The minimum absolute atomic E-state index is 0.0729. The maximum atomic E-state index is 12.6. The molecule has 1 aliphatic rings. The van der Waals surface area contributed by atoms with E-state index in [1.807, 2.05) is 63.2 Å². The summed E-state index contributed by atoms with van der Waals surface area (Å²) in [7, 11) is 0. The van der Waals surface area contributed by atoms with Gasteiger partial charge < -0.3 is 30.2 Å². The number of unbranched alkanes of at least 4 members (excludes halogenated alkanes) is 1. The normalized spacial score (nSPS) is 17.4. The average Bonchev–Trinajstić information content (AvgIpc) is 3.45. The number of rotatable bonds is 24. The van der Waals surface area contributed by atoms with Crippen LogP contribution in [-0.2, 0) is 14.3 Å². The molecule has 3 rings (SSSR count). The van der Waals surface area contributed by atoms with Gasteiger partial charge in [0.15, 0.2) is 0 Å². The van der Waals surface area contributed by atoms with Crippen molar-refractivity contribution in [2.24, 2.45) is 5.92 Å². The molecular formula is C41H64N4O4S. The number of ether oxygens (including phenoxy) is 3. The number of carbonyl (C=O) groups excluding carboxylic acids is 1. The Bertz CT molecular complexity index is 1290. The summed E-state index contributed by atoms with van der Waals surface area (Å²) >= 11 is 2.10. The summed E-state index contributed by atoms with van der Waals surface area (Å²) in [6.45, 7) is 24.0. The van der Waals surface area contributed by atoms with Crippen molar-refractivity contribution in [1.29, 1.82) is 0 Å². The molecule has 0 spiro atoms. The Morgan fingerprint density at radius 1 is 1.04 bits per heavy atom. The van der Waals surface area contributed by atoms with E-state index in [-0.39, 0.29) is 11.9 Å². The first-order chi connectivity index (χ1) is 24.2. The molecule has 1 saturated heterocycles. The summed E-state index contributed by atoms with van der Waals surface area (Å²) < 4.78 is 17.2. The highest BCUT2D eigenvalue weighted by Crippen LogP contribution is 2.35. The molecule has 1 aromatic carbocycles. The van der Waals surface area contributed by atoms with E-state index in [9.17, 15) is 4.79 Å². The third-order valence-corrected chi connectivity index (χ3v) is 9.87. The summed E-state index contributed by atoms with van der Waals surface area (Å²) in [6.07, 6.45) is 9.68. The van der Waals surface area contributed by atoms with Gasteiger partial charge in [-0.2, -0.15) is 11.8 Å². The van der Waals surface area contributed by atoms with Crippen LogP contribution in [0, 0.1) is 12.8 Å². The SMILES string of the molecule is C=C(C)NC1C(C)CSC1CCCCC(=C)NCCOCCOCCOc1ccc(C(CCC)NC(=O)/C=C/c2cccc(C)n2)cc1.CC. The van der Waals surface area contributed by atoms with Crippen molar-refractivity contribution in [3.05, 3.63) is 90.0 Å². The van der Waals surface area contributed by atoms with Crippen LogP contribution >= 0.6 is 11.8 Å². The van der Waals surface area contributed by atoms with Crippen molar-refractivity contribution >= 4 is 23.7 Å². The molecule has 1 amide bonds. The molecule has 1 fully saturated rings. The highest BCUT2D eigenvalue weighted by Gasteiger charge is 2.33. The monoisotopic (exact) mass is 708 g/mol. The first-order valence-electron chi connectivity index (χ1n) is 18.5. The number of amides is 1. The number of nitrogens with zero attached hydrogens (tertiary/aromatic N) is 1.